The molecule has 7 heteroatoms. The fraction of sp³-hybridized carbons (Fsp3) is 0.421. The largest absolute Gasteiger partial charge is 0.494 e. The molecule has 26 heavy (non-hydrogen) atoms. The van der Waals surface area contributed by atoms with Gasteiger partial charge in [-0.25, -0.2) is 9.97 Å². The molecule has 0 aliphatic carbocycles. The van der Waals surface area contributed by atoms with Crippen LogP contribution in [0.15, 0.2) is 36.7 Å². The minimum Gasteiger partial charge on any atom is -0.494 e. The van der Waals surface area contributed by atoms with Crippen LogP contribution in [-0.2, 0) is 0 Å². The summed E-state index contributed by atoms with van der Waals surface area (Å²) in [5, 5.41) is 3.12. The van der Waals surface area contributed by atoms with Gasteiger partial charge >= 0.3 is 0 Å². The molecule has 0 bridgehead atoms. The first kappa shape index (κ1) is 18.1. The van der Waals surface area contributed by atoms with Crippen molar-refractivity contribution in [2.24, 2.45) is 0 Å². The molecular weight excluding hydrogens is 330 g/mol. The van der Waals surface area contributed by atoms with Crippen LogP contribution < -0.4 is 10.1 Å². The molecule has 1 saturated heterocycles. The van der Waals surface area contributed by atoms with Crippen molar-refractivity contribution in [2.45, 2.75) is 13.8 Å². The normalized spacial score (nSPS) is 14.9. The lowest BCUT2D eigenvalue weighted by atomic mass is 10.2. The van der Waals surface area contributed by atoms with Crippen molar-refractivity contribution in [3.63, 3.8) is 0 Å². The molecule has 138 valence electrons. The molecule has 1 aromatic heterocycles. The number of benzene rings is 1. The second-order valence-corrected chi connectivity index (χ2v) is 6.10. The zero-order chi connectivity index (χ0) is 18.4. The van der Waals surface area contributed by atoms with Crippen LogP contribution in [0, 0.1) is 0 Å². The number of rotatable bonds is 6. The van der Waals surface area contributed by atoms with E-state index in [1.54, 1.807) is 12.4 Å². The monoisotopic (exact) mass is 355 g/mol. The van der Waals surface area contributed by atoms with E-state index in [-0.39, 0.29) is 5.91 Å². The molecule has 1 fully saturated rings. The first-order chi connectivity index (χ1) is 12.7. The molecular formula is C19H25N5O2. The Morgan fingerprint density at radius 1 is 1.08 bits per heavy atom. The number of nitrogens with zero attached hydrogens (tertiary/aromatic N) is 4. The molecule has 3 rings (SSSR count). The lowest BCUT2D eigenvalue weighted by molar-refractivity contribution is 0.0642. The highest BCUT2D eigenvalue weighted by molar-refractivity contribution is 5.93. The molecule has 2 aromatic rings. The summed E-state index contributed by atoms with van der Waals surface area (Å²) in [6.45, 7) is 9.09. The highest BCUT2D eigenvalue weighted by Crippen LogP contribution is 2.18. The third kappa shape index (κ3) is 4.49. The second kappa shape index (κ2) is 8.62. The first-order valence-corrected chi connectivity index (χ1v) is 9.03. The van der Waals surface area contributed by atoms with Gasteiger partial charge in [-0.05, 0) is 37.7 Å². The zero-order valence-electron chi connectivity index (χ0n) is 15.3. The van der Waals surface area contributed by atoms with E-state index in [0.717, 1.165) is 44.2 Å². The Morgan fingerprint density at radius 3 is 2.31 bits per heavy atom. The predicted octanol–water partition coefficient (Wildman–Crippen LogP) is 2.40. The van der Waals surface area contributed by atoms with E-state index in [1.807, 2.05) is 36.1 Å². The Morgan fingerprint density at radius 2 is 1.73 bits per heavy atom. The number of amides is 1. The van der Waals surface area contributed by atoms with Crippen LogP contribution in [0.1, 0.15) is 24.2 Å². The first-order valence-electron chi connectivity index (χ1n) is 9.03. The summed E-state index contributed by atoms with van der Waals surface area (Å²) in [5.74, 6) is 1.28. The van der Waals surface area contributed by atoms with Gasteiger partial charge < -0.3 is 19.9 Å². The maximum absolute atomic E-state index is 12.6. The van der Waals surface area contributed by atoms with Crippen molar-refractivity contribution >= 4 is 17.5 Å². The fourth-order valence-electron chi connectivity index (χ4n) is 2.88. The van der Waals surface area contributed by atoms with Gasteiger partial charge in [0.15, 0.2) is 0 Å². The third-order valence-corrected chi connectivity index (χ3v) is 4.43. The molecule has 2 heterocycles. The van der Waals surface area contributed by atoms with Crippen LogP contribution in [0.3, 0.4) is 0 Å². The van der Waals surface area contributed by atoms with Crippen molar-refractivity contribution in [3.8, 4) is 5.75 Å². The van der Waals surface area contributed by atoms with Crippen LogP contribution in [0.5, 0.6) is 5.75 Å². The third-order valence-electron chi connectivity index (χ3n) is 4.43. The highest BCUT2D eigenvalue weighted by Gasteiger charge is 2.21. The number of carbonyl (C=O) groups is 1. The molecule has 0 saturated carbocycles. The summed E-state index contributed by atoms with van der Waals surface area (Å²) in [6.07, 6.45) is 3.16. The SMILES string of the molecule is CCOc1ccc(Nc2ncc(C(=O)N3CCN(CC)CC3)cn2)cc1. The summed E-state index contributed by atoms with van der Waals surface area (Å²) >= 11 is 0. The summed E-state index contributed by atoms with van der Waals surface area (Å²) in [7, 11) is 0. The number of nitrogens with one attached hydrogen (secondary N) is 1. The summed E-state index contributed by atoms with van der Waals surface area (Å²) < 4.78 is 5.42. The Hall–Kier alpha value is -2.67. The van der Waals surface area contributed by atoms with Crippen LogP contribution in [0.2, 0.25) is 0 Å². The molecule has 1 N–H and O–H groups in total. The number of ether oxygens (including phenoxy) is 1. The molecule has 0 atom stereocenters. The average Bonchev–Trinajstić information content (AvgIpc) is 2.70. The predicted molar refractivity (Wildman–Crippen MR) is 101 cm³/mol. The van der Waals surface area contributed by atoms with Crippen LogP contribution >= 0.6 is 0 Å². The number of aromatic nitrogens is 2. The molecule has 7 nitrogen and oxygen atoms in total. The lowest BCUT2D eigenvalue weighted by Gasteiger charge is -2.33. The van der Waals surface area contributed by atoms with E-state index in [1.165, 1.54) is 0 Å². The van der Waals surface area contributed by atoms with Gasteiger partial charge in [-0.3, -0.25) is 4.79 Å². The van der Waals surface area contributed by atoms with Gasteiger partial charge in [0.2, 0.25) is 5.95 Å². The topological polar surface area (TPSA) is 70.6 Å². The fourth-order valence-corrected chi connectivity index (χ4v) is 2.88. The minimum atomic E-state index is -0.00614. The Labute approximate surface area is 154 Å². The van der Waals surface area contributed by atoms with Gasteiger partial charge in [-0.2, -0.15) is 0 Å². The molecule has 1 aliphatic heterocycles. The van der Waals surface area contributed by atoms with E-state index in [4.69, 9.17) is 4.74 Å². The van der Waals surface area contributed by atoms with Gasteiger partial charge in [0.1, 0.15) is 5.75 Å². The Kier molecular flexibility index (Phi) is 6.01. The van der Waals surface area contributed by atoms with E-state index in [9.17, 15) is 4.79 Å². The van der Waals surface area contributed by atoms with Crippen molar-refractivity contribution in [3.05, 3.63) is 42.2 Å². The van der Waals surface area contributed by atoms with Gasteiger partial charge in [0, 0.05) is 44.3 Å². The highest BCUT2D eigenvalue weighted by atomic mass is 16.5. The van der Waals surface area contributed by atoms with E-state index in [2.05, 4.69) is 27.1 Å². The van der Waals surface area contributed by atoms with E-state index >= 15 is 0 Å². The molecule has 0 unspecified atom stereocenters. The van der Waals surface area contributed by atoms with Gasteiger partial charge in [-0.15, -0.1) is 0 Å². The van der Waals surface area contributed by atoms with Gasteiger partial charge in [0.05, 0.1) is 12.2 Å². The number of hydrogen-bond donors (Lipinski definition) is 1. The van der Waals surface area contributed by atoms with Crippen LogP contribution in [-0.4, -0.2) is 65.0 Å². The minimum absolute atomic E-state index is 0.00614. The number of carbonyl (C=O) groups excluding carboxylic acids is 1. The number of hydrogen-bond acceptors (Lipinski definition) is 6. The molecule has 1 amide bonds. The van der Waals surface area contributed by atoms with Crippen molar-refractivity contribution < 1.29 is 9.53 Å². The van der Waals surface area contributed by atoms with Crippen LogP contribution in [0.25, 0.3) is 0 Å². The maximum Gasteiger partial charge on any atom is 0.257 e. The standard InChI is InChI=1S/C19H25N5O2/c1-3-23-9-11-24(12-10-23)18(25)15-13-20-19(21-14-15)22-16-5-7-17(8-6-16)26-4-2/h5-8,13-14H,3-4,9-12H2,1-2H3,(H,20,21,22). The Balaban J connectivity index is 1.58. The lowest BCUT2D eigenvalue weighted by Crippen LogP contribution is -2.48. The summed E-state index contributed by atoms with van der Waals surface area (Å²) in [5.41, 5.74) is 1.38. The Bertz CT molecular complexity index is 710. The van der Waals surface area contributed by atoms with Gasteiger partial charge in [0.25, 0.3) is 5.91 Å². The zero-order valence-corrected chi connectivity index (χ0v) is 15.3. The number of likely N-dealkylation sites (N-methyl/N-ethyl adjacent to an activating group) is 1. The van der Waals surface area contributed by atoms with Crippen molar-refractivity contribution in [1.29, 1.82) is 0 Å². The summed E-state index contributed by atoms with van der Waals surface area (Å²) in [4.78, 5) is 25.3. The van der Waals surface area contributed by atoms with Crippen molar-refractivity contribution in [1.82, 2.24) is 19.8 Å². The van der Waals surface area contributed by atoms with E-state index < -0.39 is 0 Å². The number of piperazine rings is 1. The quantitative estimate of drug-likeness (QED) is 0.858. The number of anilines is 2. The van der Waals surface area contributed by atoms with Crippen LogP contribution in [0.4, 0.5) is 11.6 Å². The maximum atomic E-state index is 12.6. The average molecular weight is 355 g/mol. The van der Waals surface area contributed by atoms with Crippen molar-refractivity contribution in [2.75, 3.05) is 44.6 Å². The molecule has 1 aromatic carbocycles. The molecule has 0 radical (unpaired) electrons. The summed E-state index contributed by atoms with van der Waals surface area (Å²) in [6, 6.07) is 7.58. The second-order valence-electron chi connectivity index (χ2n) is 6.10. The van der Waals surface area contributed by atoms with E-state index in [0.29, 0.717) is 18.1 Å². The molecule has 1 aliphatic rings. The smallest absolute Gasteiger partial charge is 0.257 e. The van der Waals surface area contributed by atoms with Gasteiger partial charge in [-0.1, -0.05) is 6.92 Å². The molecule has 0 spiro atoms.